The Kier molecular flexibility index (Phi) is 6.20. The molecule has 1 amide bonds. The first-order valence-corrected chi connectivity index (χ1v) is 10.6. The van der Waals surface area contributed by atoms with Crippen LogP contribution in [0.5, 0.6) is 5.75 Å². The number of methoxy groups -OCH3 is 1. The molecule has 0 aliphatic carbocycles. The van der Waals surface area contributed by atoms with Gasteiger partial charge >= 0.3 is 0 Å². The molecule has 0 spiro atoms. The van der Waals surface area contributed by atoms with Crippen LogP contribution >= 0.6 is 23.2 Å². The molecule has 0 atom stereocenters. The summed E-state index contributed by atoms with van der Waals surface area (Å²) in [5, 5.41) is 7.31. The van der Waals surface area contributed by atoms with Gasteiger partial charge in [0.1, 0.15) is 5.75 Å². The molecular weight excluding hydrogens is 435 g/mol. The van der Waals surface area contributed by atoms with Gasteiger partial charge in [0.2, 0.25) is 5.96 Å². The second-order valence-corrected chi connectivity index (χ2v) is 8.11. The first kappa shape index (κ1) is 21.3. The number of amides is 1. The fourth-order valence-electron chi connectivity index (χ4n) is 3.55. The van der Waals surface area contributed by atoms with Crippen LogP contribution in [0.4, 0.5) is 0 Å². The standard InChI is InChI=1S/C23H22Cl2N4O2/c1-14-18-9-10-29(22(30)16-5-8-19(24)20(25)11-16)13-21(18)28-23(27-14)26-12-15-3-6-17(31-2)7-4-15/h3-8,11H,1,9-10,12-13H2,2H3,(H2,26,27,28). The predicted molar refractivity (Wildman–Crippen MR) is 124 cm³/mol. The van der Waals surface area contributed by atoms with E-state index in [1.165, 1.54) is 0 Å². The van der Waals surface area contributed by atoms with Crippen LogP contribution in [0.3, 0.4) is 0 Å². The number of carbonyl (C=O) groups excluding carboxylic acids is 1. The Hall–Kier alpha value is -2.96. The van der Waals surface area contributed by atoms with Crippen LogP contribution in [0.15, 0.2) is 71.0 Å². The number of nitrogens with one attached hydrogen (secondary N) is 2. The Bertz CT molecular complexity index is 1090. The third-order valence-electron chi connectivity index (χ3n) is 5.27. The first-order chi connectivity index (χ1) is 14.9. The molecule has 8 heteroatoms. The molecule has 0 unspecified atom stereocenters. The molecule has 6 nitrogen and oxygen atoms in total. The van der Waals surface area contributed by atoms with Gasteiger partial charge in [-0.2, -0.15) is 0 Å². The van der Waals surface area contributed by atoms with Crippen LogP contribution in [-0.4, -0.2) is 37.0 Å². The summed E-state index contributed by atoms with van der Waals surface area (Å²) in [6.45, 7) is 5.72. The number of benzene rings is 2. The van der Waals surface area contributed by atoms with Crippen molar-refractivity contribution in [2.75, 3.05) is 20.2 Å². The van der Waals surface area contributed by atoms with Gasteiger partial charge in [0.15, 0.2) is 0 Å². The fourth-order valence-corrected chi connectivity index (χ4v) is 3.85. The van der Waals surface area contributed by atoms with E-state index in [4.69, 9.17) is 32.9 Å². The topological polar surface area (TPSA) is 66.0 Å². The number of ether oxygens (including phenoxy) is 1. The quantitative estimate of drug-likeness (QED) is 0.716. The summed E-state index contributed by atoms with van der Waals surface area (Å²) in [5.74, 6) is 1.33. The Morgan fingerprint density at radius 3 is 2.71 bits per heavy atom. The van der Waals surface area contributed by atoms with E-state index in [0.29, 0.717) is 47.6 Å². The Morgan fingerprint density at radius 1 is 1.23 bits per heavy atom. The Labute approximate surface area is 191 Å². The number of rotatable bonds is 4. The van der Waals surface area contributed by atoms with Crippen molar-refractivity contribution in [2.45, 2.75) is 13.0 Å². The normalized spacial score (nSPS) is 15.8. The van der Waals surface area contributed by atoms with Crippen molar-refractivity contribution < 1.29 is 9.53 Å². The second-order valence-electron chi connectivity index (χ2n) is 7.30. The van der Waals surface area contributed by atoms with Crippen molar-refractivity contribution in [3.8, 4) is 5.75 Å². The molecule has 2 heterocycles. The van der Waals surface area contributed by atoms with Crippen molar-refractivity contribution in [2.24, 2.45) is 4.99 Å². The lowest BCUT2D eigenvalue weighted by Gasteiger charge is -2.33. The van der Waals surface area contributed by atoms with Gasteiger partial charge in [0, 0.05) is 29.9 Å². The summed E-state index contributed by atoms with van der Waals surface area (Å²) in [6.07, 6.45) is 0.684. The van der Waals surface area contributed by atoms with Crippen LogP contribution in [-0.2, 0) is 6.54 Å². The molecule has 0 saturated carbocycles. The first-order valence-electron chi connectivity index (χ1n) is 9.82. The molecule has 2 aliphatic rings. The van der Waals surface area contributed by atoms with Crippen LogP contribution < -0.4 is 15.4 Å². The lowest BCUT2D eigenvalue weighted by Crippen LogP contribution is -2.44. The zero-order valence-electron chi connectivity index (χ0n) is 17.0. The minimum absolute atomic E-state index is 0.0998. The predicted octanol–water partition coefficient (Wildman–Crippen LogP) is 4.36. The maximum absolute atomic E-state index is 13.0. The molecule has 2 N–H and O–H groups in total. The summed E-state index contributed by atoms with van der Waals surface area (Å²) < 4.78 is 5.19. The number of hydrogen-bond donors (Lipinski definition) is 2. The lowest BCUT2D eigenvalue weighted by molar-refractivity contribution is 0.0763. The van der Waals surface area contributed by atoms with E-state index in [-0.39, 0.29) is 5.91 Å². The zero-order valence-corrected chi connectivity index (χ0v) is 18.6. The lowest BCUT2D eigenvalue weighted by atomic mass is 10.0. The van der Waals surface area contributed by atoms with Gasteiger partial charge in [0.05, 0.1) is 29.4 Å². The molecule has 2 aromatic rings. The molecule has 160 valence electrons. The highest BCUT2D eigenvalue weighted by Crippen LogP contribution is 2.28. The highest BCUT2D eigenvalue weighted by molar-refractivity contribution is 6.42. The number of halogens is 2. The number of aliphatic imine (C=N–C) groups is 1. The van der Waals surface area contributed by atoms with Crippen molar-refractivity contribution in [1.29, 1.82) is 0 Å². The molecule has 0 bridgehead atoms. The van der Waals surface area contributed by atoms with Crippen molar-refractivity contribution in [3.05, 3.63) is 87.2 Å². The van der Waals surface area contributed by atoms with Crippen LogP contribution in [0.2, 0.25) is 10.0 Å². The third kappa shape index (κ3) is 4.70. The average molecular weight is 457 g/mol. The van der Waals surface area contributed by atoms with Gasteiger partial charge in [-0.05, 0) is 42.3 Å². The maximum atomic E-state index is 13.0. The molecule has 0 saturated heterocycles. The van der Waals surface area contributed by atoms with Crippen LogP contribution in [0, 0.1) is 0 Å². The largest absolute Gasteiger partial charge is 0.497 e. The van der Waals surface area contributed by atoms with E-state index in [1.807, 2.05) is 24.3 Å². The SMILES string of the molecule is C=C1NC(NCc2ccc(OC)cc2)=NC2=C1CCN(C(=O)c1ccc(Cl)c(Cl)c1)C2. The summed E-state index contributed by atoms with van der Waals surface area (Å²) >= 11 is 12.1. The molecule has 2 aliphatic heterocycles. The number of carbonyl (C=O) groups is 1. The third-order valence-corrected chi connectivity index (χ3v) is 6.01. The Morgan fingerprint density at radius 2 is 2.00 bits per heavy atom. The van der Waals surface area contributed by atoms with Crippen LogP contribution in [0.25, 0.3) is 0 Å². The van der Waals surface area contributed by atoms with E-state index < -0.39 is 0 Å². The second kappa shape index (κ2) is 9.04. The summed E-state index contributed by atoms with van der Waals surface area (Å²) in [4.78, 5) is 19.4. The molecule has 0 fully saturated rings. The summed E-state index contributed by atoms with van der Waals surface area (Å²) in [6, 6.07) is 12.7. The minimum atomic E-state index is -0.0998. The number of nitrogens with zero attached hydrogens (tertiary/aromatic N) is 2. The number of guanidine groups is 1. The molecule has 0 aromatic heterocycles. The molecule has 4 rings (SSSR count). The van der Waals surface area contributed by atoms with Gasteiger partial charge < -0.3 is 20.3 Å². The fraction of sp³-hybridized carbons (Fsp3) is 0.217. The van der Waals surface area contributed by atoms with E-state index in [9.17, 15) is 4.79 Å². The minimum Gasteiger partial charge on any atom is -0.497 e. The molecular formula is C23H22Cl2N4O2. The highest BCUT2D eigenvalue weighted by Gasteiger charge is 2.28. The van der Waals surface area contributed by atoms with Crippen molar-refractivity contribution in [3.63, 3.8) is 0 Å². The number of allylic oxidation sites excluding steroid dienone is 1. The van der Waals surface area contributed by atoms with Crippen molar-refractivity contribution >= 4 is 35.1 Å². The summed E-state index contributed by atoms with van der Waals surface area (Å²) in [7, 11) is 1.64. The van der Waals surface area contributed by atoms with Gasteiger partial charge in [-0.3, -0.25) is 4.79 Å². The van der Waals surface area contributed by atoms with Gasteiger partial charge in [0.25, 0.3) is 5.91 Å². The van der Waals surface area contributed by atoms with E-state index >= 15 is 0 Å². The van der Waals surface area contributed by atoms with Gasteiger partial charge in [-0.15, -0.1) is 0 Å². The Balaban J connectivity index is 1.46. The van der Waals surface area contributed by atoms with E-state index in [0.717, 1.165) is 28.3 Å². The number of hydrogen-bond acceptors (Lipinski definition) is 5. The maximum Gasteiger partial charge on any atom is 0.254 e. The average Bonchev–Trinajstić information content (AvgIpc) is 2.79. The van der Waals surface area contributed by atoms with Gasteiger partial charge in [-0.25, -0.2) is 4.99 Å². The molecule has 2 aromatic carbocycles. The van der Waals surface area contributed by atoms with E-state index in [1.54, 1.807) is 30.2 Å². The monoisotopic (exact) mass is 456 g/mol. The molecule has 31 heavy (non-hydrogen) atoms. The molecule has 0 radical (unpaired) electrons. The summed E-state index contributed by atoms with van der Waals surface area (Å²) in [5.41, 5.74) is 4.29. The van der Waals surface area contributed by atoms with Crippen LogP contribution in [0.1, 0.15) is 22.3 Å². The van der Waals surface area contributed by atoms with E-state index in [2.05, 4.69) is 17.2 Å². The zero-order chi connectivity index (χ0) is 22.0. The highest BCUT2D eigenvalue weighted by atomic mass is 35.5. The smallest absolute Gasteiger partial charge is 0.254 e. The van der Waals surface area contributed by atoms with Gasteiger partial charge in [-0.1, -0.05) is 41.9 Å². The van der Waals surface area contributed by atoms with Crippen molar-refractivity contribution in [1.82, 2.24) is 15.5 Å².